The highest BCUT2D eigenvalue weighted by Crippen LogP contribution is 2.35. The molecule has 2 aromatic heterocycles. The topological polar surface area (TPSA) is 134 Å². The number of methoxy groups -OCH3 is 2. The maximum atomic E-state index is 12.0. The summed E-state index contributed by atoms with van der Waals surface area (Å²) in [4.78, 5) is -0.00144. The predicted molar refractivity (Wildman–Crippen MR) is 153 cm³/mol. The largest absolute Gasteiger partial charge is 0.497 e. The van der Waals surface area contributed by atoms with Gasteiger partial charge in [0.25, 0.3) is 0 Å². The number of nitrogens with zero attached hydrogens (tertiary/aromatic N) is 4. The summed E-state index contributed by atoms with van der Waals surface area (Å²) in [5.74, 6) is 2.44. The molecular weight excluding hydrogens is 528 g/mol. The average Bonchev–Trinajstić information content (AvgIpc) is 3.41. The number of benzene rings is 4. The summed E-state index contributed by atoms with van der Waals surface area (Å²) in [5.41, 5.74) is 3.53. The molecular formula is C29H24N6O4S. The van der Waals surface area contributed by atoms with Gasteiger partial charge in [-0.05, 0) is 60.2 Å². The van der Waals surface area contributed by atoms with Crippen LogP contribution in [0.4, 0.5) is 11.5 Å². The smallest absolute Gasteiger partial charge is 0.238 e. The van der Waals surface area contributed by atoms with Gasteiger partial charge in [0, 0.05) is 27.6 Å². The lowest BCUT2D eigenvalue weighted by molar-refractivity contribution is 0.415. The van der Waals surface area contributed by atoms with Gasteiger partial charge in [-0.2, -0.15) is 4.52 Å². The minimum absolute atomic E-state index is 0.00144. The van der Waals surface area contributed by atoms with Gasteiger partial charge in [-0.15, -0.1) is 15.3 Å². The number of anilines is 2. The van der Waals surface area contributed by atoms with Gasteiger partial charge in [0.1, 0.15) is 11.5 Å². The van der Waals surface area contributed by atoms with Crippen LogP contribution in [0.2, 0.25) is 0 Å². The van der Waals surface area contributed by atoms with Crippen LogP contribution in [0, 0.1) is 0 Å². The van der Waals surface area contributed by atoms with Crippen LogP contribution >= 0.6 is 0 Å². The zero-order valence-electron chi connectivity index (χ0n) is 21.6. The van der Waals surface area contributed by atoms with Crippen LogP contribution in [-0.2, 0) is 10.0 Å². The van der Waals surface area contributed by atoms with E-state index in [1.807, 2.05) is 72.8 Å². The third kappa shape index (κ3) is 4.57. The number of nitrogens with two attached hydrogens (primary N) is 1. The molecule has 0 atom stereocenters. The van der Waals surface area contributed by atoms with Gasteiger partial charge in [-0.1, -0.05) is 36.4 Å². The second-order valence-corrected chi connectivity index (χ2v) is 10.6. The first-order chi connectivity index (χ1) is 19.4. The molecule has 0 aliphatic rings. The summed E-state index contributed by atoms with van der Waals surface area (Å²) < 4.78 is 36.5. The first-order valence-corrected chi connectivity index (χ1v) is 13.8. The van der Waals surface area contributed by atoms with Crippen molar-refractivity contribution in [2.45, 2.75) is 4.90 Å². The van der Waals surface area contributed by atoms with Gasteiger partial charge < -0.3 is 14.8 Å². The number of primary sulfonamides is 1. The molecule has 6 aromatic rings. The number of nitrogens with one attached hydrogen (secondary N) is 1. The fourth-order valence-corrected chi connectivity index (χ4v) is 5.12. The molecule has 10 nitrogen and oxygen atoms in total. The summed E-state index contributed by atoms with van der Waals surface area (Å²) in [7, 11) is -0.740. The summed E-state index contributed by atoms with van der Waals surface area (Å²) in [6, 6.07) is 27.4. The van der Waals surface area contributed by atoms with E-state index in [1.54, 1.807) is 17.7 Å². The molecule has 0 aliphatic carbocycles. The molecule has 0 spiro atoms. The summed E-state index contributed by atoms with van der Waals surface area (Å²) in [6.45, 7) is 0. The minimum Gasteiger partial charge on any atom is -0.497 e. The molecule has 200 valence electrons. The van der Waals surface area contributed by atoms with Crippen molar-refractivity contribution in [1.82, 2.24) is 19.8 Å². The second kappa shape index (κ2) is 9.95. The van der Waals surface area contributed by atoms with E-state index in [0.717, 1.165) is 33.3 Å². The third-order valence-corrected chi connectivity index (χ3v) is 7.46. The molecule has 0 fully saturated rings. The van der Waals surface area contributed by atoms with E-state index < -0.39 is 10.0 Å². The monoisotopic (exact) mass is 552 g/mol. The first-order valence-electron chi connectivity index (χ1n) is 12.2. The third-order valence-electron chi connectivity index (χ3n) is 6.55. The van der Waals surface area contributed by atoms with Gasteiger partial charge in [0.15, 0.2) is 17.3 Å². The van der Waals surface area contributed by atoms with Crippen molar-refractivity contribution in [3.63, 3.8) is 0 Å². The number of fused-ring (bicyclic) bond motifs is 3. The van der Waals surface area contributed by atoms with Crippen LogP contribution in [0.25, 0.3) is 38.9 Å². The zero-order valence-corrected chi connectivity index (χ0v) is 22.4. The Labute approximate surface area is 230 Å². The summed E-state index contributed by atoms with van der Waals surface area (Å²) in [6.07, 6.45) is 0. The maximum absolute atomic E-state index is 12.0. The van der Waals surface area contributed by atoms with Gasteiger partial charge in [-0.25, -0.2) is 13.6 Å². The minimum atomic E-state index is -3.89. The Bertz CT molecular complexity index is 1990. The quantitative estimate of drug-likeness (QED) is 0.282. The van der Waals surface area contributed by atoms with Crippen molar-refractivity contribution in [3.8, 4) is 34.0 Å². The average molecular weight is 553 g/mol. The van der Waals surface area contributed by atoms with E-state index >= 15 is 0 Å². The standard InChI is InChI=1S/C29H24N6O4S/c1-38-21-12-10-18(11-13-21)28-32-33-29-24-9-4-3-8-23(24)27(34-35(28)29)31-20-7-5-6-19(16-20)25-17-22(40(30,36)37)14-15-26(25)39-2/h3-17H,1-2H3,(H,31,34)(H2,30,36,37). The summed E-state index contributed by atoms with van der Waals surface area (Å²) in [5, 5.41) is 24.3. The molecule has 0 unspecified atom stereocenters. The molecule has 4 aromatic carbocycles. The number of hydrogen-bond donors (Lipinski definition) is 2. The summed E-state index contributed by atoms with van der Waals surface area (Å²) >= 11 is 0. The molecule has 0 saturated carbocycles. The number of rotatable bonds is 7. The molecule has 0 aliphatic heterocycles. The molecule has 40 heavy (non-hydrogen) atoms. The van der Waals surface area contributed by atoms with Crippen molar-refractivity contribution >= 4 is 37.9 Å². The molecule has 6 rings (SSSR count). The lowest BCUT2D eigenvalue weighted by Crippen LogP contribution is -2.12. The predicted octanol–water partition coefficient (Wildman–Crippen LogP) is 5.02. The van der Waals surface area contributed by atoms with Crippen molar-refractivity contribution in [2.24, 2.45) is 5.14 Å². The fraction of sp³-hybridized carbons (Fsp3) is 0.0690. The van der Waals surface area contributed by atoms with E-state index in [-0.39, 0.29) is 4.90 Å². The molecule has 0 saturated heterocycles. The lowest BCUT2D eigenvalue weighted by Gasteiger charge is -2.14. The van der Waals surface area contributed by atoms with Crippen molar-refractivity contribution in [1.29, 1.82) is 0 Å². The first kappa shape index (κ1) is 25.3. The Morgan fingerprint density at radius 3 is 2.30 bits per heavy atom. The number of sulfonamides is 1. The Balaban J connectivity index is 1.46. The highest BCUT2D eigenvalue weighted by atomic mass is 32.2. The highest BCUT2D eigenvalue weighted by Gasteiger charge is 2.17. The SMILES string of the molecule is COc1ccc(-c2nnc3c4ccccc4c(Nc4cccc(-c5cc(S(N)(=O)=O)ccc5OC)c4)nn23)cc1. The van der Waals surface area contributed by atoms with E-state index in [4.69, 9.17) is 19.7 Å². The zero-order chi connectivity index (χ0) is 27.9. The van der Waals surface area contributed by atoms with Crippen molar-refractivity contribution in [2.75, 3.05) is 19.5 Å². The fourth-order valence-electron chi connectivity index (χ4n) is 4.58. The van der Waals surface area contributed by atoms with Crippen LogP contribution in [0.1, 0.15) is 0 Å². The van der Waals surface area contributed by atoms with E-state index in [2.05, 4.69) is 15.5 Å². The molecule has 0 radical (unpaired) electrons. The maximum Gasteiger partial charge on any atom is 0.238 e. The molecule has 0 amide bonds. The van der Waals surface area contributed by atoms with Crippen LogP contribution in [0.5, 0.6) is 11.5 Å². The second-order valence-electron chi connectivity index (χ2n) is 8.99. The van der Waals surface area contributed by atoms with Crippen LogP contribution < -0.4 is 19.9 Å². The Morgan fingerprint density at radius 1 is 0.800 bits per heavy atom. The normalized spacial score (nSPS) is 11.6. The van der Waals surface area contributed by atoms with Crippen molar-refractivity contribution < 1.29 is 17.9 Å². The highest BCUT2D eigenvalue weighted by molar-refractivity contribution is 7.89. The van der Waals surface area contributed by atoms with E-state index in [0.29, 0.717) is 28.6 Å². The molecule has 0 bridgehead atoms. The lowest BCUT2D eigenvalue weighted by atomic mass is 10.0. The Kier molecular flexibility index (Phi) is 6.29. The van der Waals surface area contributed by atoms with Crippen LogP contribution in [-0.4, -0.2) is 42.4 Å². The molecule has 11 heteroatoms. The Hall–Kier alpha value is -5.00. The van der Waals surface area contributed by atoms with E-state index in [9.17, 15) is 8.42 Å². The van der Waals surface area contributed by atoms with Crippen molar-refractivity contribution in [3.05, 3.63) is 91.0 Å². The van der Waals surface area contributed by atoms with E-state index in [1.165, 1.54) is 19.2 Å². The van der Waals surface area contributed by atoms with Gasteiger partial charge >= 0.3 is 0 Å². The Morgan fingerprint density at radius 2 is 1.57 bits per heavy atom. The van der Waals surface area contributed by atoms with Crippen LogP contribution in [0.15, 0.2) is 95.9 Å². The number of hydrogen-bond acceptors (Lipinski definition) is 8. The van der Waals surface area contributed by atoms with Gasteiger partial charge in [-0.3, -0.25) is 0 Å². The van der Waals surface area contributed by atoms with Gasteiger partial charge in [0.05, 0.1) is 19.1 Å². The molecule has 2 heterocycles. The van der Waals surface area contributed by atoms with Gasteiger partial charge in [0.2, 0.25) is 10.0 Å². The molecule has 3 N–H and O–H groups in total. The number of ether oxygens (including phenoxy) is 2. The number of aromatic nitrogens is 4. The van der Waals surface area contributed by atoms with Crippen LogP contribution in [0.3, 0.4) is 0 Å².